The normalized spacial score (nSPS) is 18.8. The van der Waals surface area contributed by atoms with E-state index in [0.29, 0.717) is 13.0 Å². The summed E-state index contributed by atoms with van der Waals surface area (Å²) in [6, 6.07) is 18.9. The first-order valence-electron chi connectivity index (χ1n) is 11.2. The van der Waals surface area contributed by atoms with Crippen molar-refractivity contribution in [2.45, 2.75) is 37.6 Å². The number of ether oxygens (including phenoxy) is 1. The minimum atomic E-state index is 0.0566. The lowest BCUT2D eigenvalue weighted by molar-refractivity contribution is -0.117. The van der Waals surface area contributed by atoms with Gasteiger partial charge >= 0.3 is 0 Å². The first kappa shape index (κ1) is 21.4. The van der Waals surface area contributed by atoms with E-state index in [-0.39, 0.29) is 11.3 Å². The third-order valence-corrected chi connectivity index (χ3v) is 6.44. The molecule has 6 heteroatoms. The standard InChI is InChI=1S/C25H32N4O2/c1-26-24(27-18-20-9-11-22(12-10-20)29-15-5-8-23(29)30)28-19-25(13-16-31-17-14-25)21-6-3-2-4-7-21/h2-4,6-7,9-12H,5,8,13-19H2,1H3,(H2,26,27,28). The molecule has 2 aliphatic rings. The topological polar surface area (TPSA) is 66.0 Å². The number of aliphatic imine (C=N–C) groups is 1. The van der Waals surface area contributed by atoms with Gasteiger partial charge in [-0.3, -0.25) is 9.79 Å². The van der Waals surface area contributed by atoms with Crippen LogP contribution in [0.4, 0.5) is 5.69 Å². The Kier molecular flexibility index (Phi) is 6.87. The third-order valence-electron chi connectivity index (χ3n) is 6.44. The Hall–Kier alpha value is -2.86. The summed E-state index contributed by atoms with van der Waals surface area (Å²) in [5.74, 6) is 1.01. The van der Waals surface area contributed by atoms with Crippen molar-refractivity contribution in [1.82, 2.24) is 10.6 Å². The van der Waals surface area contributed by atoms with E-state index in [1.807, 2.05) is 17.0 Å². The predicted octanol–water partition coefficient (Wildman–Crippen LogP) is 3.23. The van der Waals surface area contributed by atoms with Gasteiger partial charge in [0, 0.05) is 57.4 Å². The van der Waals surface area contributed by atoms with Crippen LogP contribution in [0.5, 0.6) is 0 Å². The number of anilines is 1. The second-order valence-electron chi connectivity index (χ2n) is 8.35. The summed E-state index contributed by atoms with van der Waals surface area (Å²) in [6.45, 7) is 3.88. The molecule has 2 saturated heterocycles. The smallest absolute Gasteiger partial charge is 0.227 e. The molecule has 0 bridgehead atoms. The SMILES string of the molecule is CN=C(NCc1ccc(N2CCCC2=O)cc1)NCC1(c2ccccc2)CCOCC1. The molecule has 0 saturated carbocycles. The van der Waals surface area contributed by atoms with Crippen LogP contribution in [-0.4, -0.2) is 45.2 Å². The van der Waals surface area contributed by atoms with Crippen molar-refractivity contribution in [2.75, 3.05) is 38.3 Å². The van der Waals surface area contributed by atoms with Crippen molar-refractivity contribution in [2.24, 2.45) is 4.99 Å². The molecule has 2 aliphatic heterocycles. The number of hydrogen-bond acceptors (Lipinski definition) is 3. The average molecular weight is 421 g/mol. The number of rotatable bonds is 6. The van der Waals surface area contributed by atoms with E-state index in [1.54, 1.807) is 7.05 Å². The van der Waals surface area contributed by atoms with E-state index in [4.69, 9.17) is 4.74 Å². The summed E-state index contributed by atoms with van der Waals surface area (Å²) < 4.78 is 5.64. The van der Waals surface area contributed by atoms with Crippen LogP contribution in [0.3, 0.4) is 0 Å². The van der Waals surface area contributed by atoms with Crippen molar-refractivity contribution in [1.29, 1.82) is 0 Å². The lowest BCUT2D eigenvalue weighted by Gasteiger charge is -2.38. The summed E-state index contributed by atoms with van der Waals surface area (Å²) in [7, 11) is 1.80. The monoisotopic (exact) mass is 420 g/mol. The van der Waals surface area contributed by atoms with E-state index in [1.165, 1.54) is 5.56 Å². The Labute approximate surface area is 184 Å². The molecule has 0 radical (unpaired) electrons. The number of hydrogen-bond donors (Lipinski definition) is 2. The first-order chi connectivity index (χ1) is 15.2. The van der Waals surface area contributed by atoms with Gasteiger partial charge in [0.05, 0.1) is 0 Å². The molecule has 31 heavy (non-hydrogen) atoms. The van der Waals surface area contributed by atoms with Crippen LogP contribution in [0.15, 0.2) is 59.6 Å². The zero-order valence-electron chi connectivity index (χ0n) is 18.3. The van der Waals surface area contributed by atoms with E-state index in [0.717, 1.165) is 62.8 Å². The minimum absolute atomic E-state index is 0.0566. The van der Waals surface area contributed by atoms with Crippen molar-refractivity contribution >= 4 is 17.6 Å². The Morgan fingerprint density at radius 3 is 2.45 bits per heavy atom. The quantitative estimate of drug-likeness (QED) is 0.556. The summed E-state index contributed by atoms with van der Waals surface area (Å²) >= 11 is 0. The van der Waals surface area contributed by atoms with Gasteiger partial charge in [0.1, 0.15) is 0 Å². The van der Waals surface area contributed by atoms with Crippen LogP contribution < -0.4 is 15.5 Å². The first-order valence-corrected chi connectivity index (χ1v) is 11.2. The second kappa shape index (κ2) is 9.96. The summed E-state index contributed by atoms with van der Waals surface area (Å²) in [5, 5.41) is 6.96. The highest BCUT2D eigenvalue weighted by molar-refractivity contribution is 5.95. The zero-order chi connectivity index (χ0) is 21.5. The van der Waals surface area contributed by atoms with Gasteiger partial charge in [-0.15, -0.1) is 0 Å². The molecule has 0 atom stereocenters. The van der Waals surface area contributed by atoms with E-state index in [2.05, 4.69) is 58.1 Å². The van der Waals surface area contributed by atoms with Crippen molar-refractivity contribution in [3.8, 4) is 0 Å². The molecule has 4 rings (SSSR count). The lowest BCUT2D eigenvalue weighted by Crippen LogP contribution is -2.47. The number of amides is 1. The van der Waals surface area contributed by atoms with Gasteiger partial charge in [0.2, 0.25) is 5.91 Å². The highest BCUT2D eigenvalue weighted by Gasteiger charge is 2.34. The summed E-state index contributed by atoms with van der Waals surface area (Å²) in [6.07, 6.45) is 3.60. The molecule has 0 spiro atoms. The molecule has 6 nitrogen and oxygen atoms in total. The summed E-state index contributed by atoms with van der Waals surface area (Å²) in [5.41, 5.74) is 3.55. The fourth-order valence-electron chi connectivity index (χ4n) is 4.50. The van der Waals surface area contributed by atoms with Gasteiger partial charge < -0.3 is 20.3 Å². The summed E-state index contributed by atoms with van der Waals surface area (Å²) in [4.78, 5) is 18.2. The zero-order valence-corrected chi connectivity index (χ0v) is 18.3. The minimum Gasteiger partial charge on any atom is -0.381 e. The van der Waals surface area contributed by atoms with Crippen LogP contribution >= 0.6 is 0 Å². The molecule has 0 aromatic heterocycles. The number of guanidine groups is 1. The molecule has 2 aromatic carbocycles. The molecule has 2 aromatic rings. The van der Waals surface area contributed by atoms with Gasteiger partial charge in [-0.25, -0.2) is 0 Å². The van der Waals surface area contributed by atoms with E-state index < -0.39 is 0 Å². The fourth-order valence-corrected chi connectivity index (χ4v) is 4.50. The van der Waals surface area contributed by atoms with Crippen LogP contribution in [-0.2, 0) is 21.5 Å². The maximum Gasteiger partial charge on any atom is 0.227 e. The van der Waals surface area contributed by atoms with E-state index in [9.17, 15) is 4.79 Å². The average Bonchev–Trinajstić information content (AvgIpc) is 3.26. The highest BCUT2D eigenvalue weighted by atomic mass is 16.5. The Morgan fingerprint density at radius 1 is 1.06 bits per heavy atom. The maximum atomic E-state index is 11.9. The second-order valence-corrected chi connectivity index (χ2v) is 8.35. The van der Waals surface area contributed by atoms with Gasteiger partial charge in [0.15, 0.2) is 5.96 Å². The van der Waals surface area contributed by atoms with Gasteiger partial charge in [-0.1, -0.05) is 42.5 Å². The molecule has 164 valence electrons. The van der Waals surface area contributed by atoms with Crippen molar-refractivity contribution in [3.05, 3.63) is 65.7 Å². The van der Waals surface area contributed by atoms with Crippen molar-refractivity contribution < 1.29 is 9.53 Å². The van der Waals surface area contributed by atoms with Crippen LogP contribution in [0.1, 0.15) is 36.8 Å². The molecular formula is C25H32N4O2. The molecular weight excluding hydrogens is 388 g/mol. The van der Waals surface area contributed by atoms with Crippen LogP contribution in [0.2, 0.25) is 0 Å². The third kappa shape index (κ3) is 5.07. The predicted molar refractivity (Wildman–Crippen MR) is 124 cm³/mol. The lowest BCUT2D eigenvalue weighted by atomic mass is 9.74. The Bertz CT molecular complexity index is 889. The van der Waals surface area contributed by atoms with Gasteiger partial charge in [0.25, 0.3) is 0 Å². The number of carbonyl (C=O) groups excluding carboxylic acids is 1. The molecule has 1 amide bonds. The number of carbonyl (C=O) groups is 1. The Balaban J connectivity index is 1.34. The van der Waals surface area contributed by atoms with Gasteiger partial charge in [-0.2, -0.15) is 0 Å². The molecule has 0 unspecified atom stereocenters. The number of nitrogens with one attached hydrogen (secondary N) is 2. The molecule has 2 fully saturated rings. The van der Waals surface area contributed by atoms with Crippen molar-refractivity contribution in [3.63, 3.8) is 0 Å². The number of nitrogens with zero attached hydrogens (tertiary/aromatic N) is 2. The van der Waals surface area contributed by atoms with Crippen LogP contribution in [0, 0.1) is 0 Å². The number of benzene rings is 2. The van der Waals surface area contributed by atoms with E-state index >= 15 is 0 Å². The fraction of sp³-hybridized carbons (Fsp3) is 0.440. The van der Waals surface area contributed by atoms with Gasteiger partial charge in [-0.05, 0) is 42.5 Å². The Morgan fingerprint density at radius 2 is 1.81 bits per heavy atom. The maximum absolute atomic E-state index is 11.9. The molecule has 2 heterocycles. The molecule has 2 N–H and O–H groups in total. The molecule has 0 aliphatic carbocycles. The highest BCUT2D eigenvalue weighted by Crippen LogP contribution is 2.34. The van der Waals surface area contributed by atoms with Crippen LogP contribution in [0.25, 0.3) is 0 Å². The largest absolute Gasteiger partial charge is 0.381 e.